The largest absolute Gasteiger partial charge is 0.463 e. The quantitative estimate of drug-likeness (QED) is 0.652. The number of aliphatic hydroxyl groups is 1. The fraction of sp³-hybridized carbons (Fsp3) is 0.312. The number of urea groups is 1. The summed E-state index contributed by atoms with van der Waals surface area (Å²) in [5, 5.41) is 13.9. The third-order valence-electron chi connectivity index (χ3n) is 3.30. The zero-order valence-corrected chi connectivity index (χ0v) is 13.1. The summed E-state index contributed by atoms with van der Waals surface area (Å²) in [6.45, 7) is 1.48. The molecule has 8 nitrogen and oxygen atoms in total. The summed E-state index contributed by atoms with van der Waals surface area (Å²) in [7, 11) is 0. The van der Waals surface area contributed by atoms with E-state index in [0.29, 0.717) is 11.1 Å². The van der Waals surface area contributed by atoms with Gasteiger partial charge in [0.25, 0.3) is 0 Å². The van der Waals surface area contributed by atoms with E-state index in [1.807, 2.05) is 0 Å². The van der Waals surface area contributed by atoms with Crippen LogP contribution in [0.4, 0.5) is 4.79 Å². The Morgan fingerprint density at radius 1 is 1.17 bits per heavy atom. The molecule has 8 heteroatoms. The van der Waals surface area contributed by atoms with Crippen molar-refractivity contribution in [2.75, 3.05) is 19.8 Å². The molecule has 1 heterocycles. The number of carbonyl (C=O) groups is 3. The van der Waals surface area contributed by atoms with E-state index in [1.165, 1.54) is 12.1 Å². The van der Waals surface area contributed by atoms with E-state index < -0.39 is 18.0 Å². The Balaban J connectivity index is 2.06. The second kappa shape index (κ2) is 8.11. The molecule has 1 aromatic rings. The molecule has 0 aromatic heterocycles. The lowest BCUT2D eigenvalue weighted by atomic mass is 10.1. The third-order valence-corrected chi connectivity index (χ3v) is 3.30. The van der Waals surface area contributed by atoms with Crippen molar-refractivity contribution >= 4 is 18.0 Å². The van der Waals surface area contributed by atoms with E-state index in [9.17, 15) is 14.4 Å². The van der Waals surface area contributed by atoms with E-state index in [1.54, 1.807) is 19.1 Å². The summed E-state index contributed by atoms with van der Waals surface area (Å²) in [6, 6.07) is 5.77. The number of hydrogen-bond donors (Lipinski definition) is 3. The van der Waals surface area contributed by atoms with Crippen LogP contribution in [0.25, 0.3) is 0 Å². The van der Waals surface area contributed by atoms with Crippen molar-refractivity contribution in [1.29, 1.82) is 0 Å². The van der Waals surface area contributed by atoms with Crippen LogP contribution < -0.4 is 10.6 Å². The summed E-state index contributed by atoms with van der Waals surface area (Å²) in [4.78, 5) is 35.3. The van der Waals surface area contributed by atoms with Crippen molar-refractivity contribution in [2.45, 2.75) is 13.5 Å². The van der Waals surface area contributed by atoms with Gasteiger partial charge in [0.15, 0.2) is 0 Å². The molecule has 0 aliphatic carbocycles. The molecule has 2 amide bonds. The molecule has 0 fully saturated rings. The number of benzene rings is 1. The summed E-state index contributed by atoms with van der Waals surface area (Å²) in [5.41, 5.74) is 1.37. The van der Waals surface area contributed by atoms with Crippen molar-refractivity contribution in [3.8, 4) is 0 Å². The van der Waals surface area contributed by atoms with Crippen LogP contribution in [0.1, 0.15) is 22.8 Å². The maximum atomic E-state index is 12.0. The van der Waals surface area contributed by atoms with Crippen LogP contribution in [0.2, 0.25) is 0 Å². The normalized spacial score (nSPS) is 13.8. The Labute approximate surface area is 138 Å². The average molecular weight is 334 g/mol. The fourth-order valence-corrected chi connectivity index (χ4v) is 2.04. The second-order valence-electron chi connectivity index (χ2n) is 4.92. The van der Waals surface area contributed by atoms with Gasteiger partial charge >= 0.3 is 18.0 Å². The van der Waals surface area contributed by atoms with Gasteiger partial charge in [0, 0.05) is 0 Å². The summed E-state index contributed by atoms with van der Waals surface area (Å²) >= 11 is 0. The lowest BCUT2D eigenvalue weighted by Crippen LogP contribution is -2.45. The molecule has 0 atom stereocenters. The molecule has 1 aliphatic rings. The standard InChI is InChI=1S/C16H18N2O6/c1-2-23-15(21)12-7-17-16(22)18-13(12)9-24-14(20)11-5-3-10(8-19)4-6-11/h3-6,19H,2,7-9H2,1H3,(H2,17,18,22). The van der Waals surface area contributed by atoms with Crippen LogP contribution in [0.5, 0.6) is 0 Å². The number of rotatable bonds is 6. The van der Waals surface area contributed by atoms with Gasteiger partial charge < -0.3 is 25.2 Å². The number of hydrogen-bond acceptors (Lipinski definition) is 6. The molecule has 24 heavy (non-hydrogen) atoms. The first-order valence-corrected chi connectivity index (χ1v) is 7.36. The molecule has 0 unspecified atom stereocenters. The first kappa shape index (κ1) is 17.5. The van der Waals surface area contributed by atoms with Gasteiger partial charge in [0.05, 0.1) is 36.6 Å². The molecular weight excluding hydrogens is 316 g/mol. The van der Waals surface area contributed by atoms with Gasteiger partial charge in [-0.15, -0.1) is 0 Å². The highest BCUT2D eigenvalue weighted by atomic mass is 16.5. The van der Waals surface area contributed by atoms with Gasteiger partial charge in [-0.05, 0) is 24.6 Å². The van der Waals surface area contributed by atoms with Crippen molar-refractivity contribution in [3.63, 3.8) is 0 Å². The van der Waals surface area contributed by atoms with Gasteiger partial charge in [-0.25, -0.2) is 14.4 Å². The molecule has 0 spiro atoms. The molecule has 2 rings (SSSR count). The first-order chi connectivity index (χ1) is 11.5. The van der Waals surface area contributed by atoms with Crippen molar-refractivity contribution in [3.05, 3.63) is 46.7 Å². The number of amides is 2. The minimum atomic E-state index is -0.608. The predicted octanol–water partition coefficient (Wildman–Crippen LogP) is 0.466. The topological polar surface area (TPSA) is 114 Å². The minimum Gasteiger partial charge on any atom is -0.463 e. The lowest BCUT2D eigenvalue weighted by molar-refractivity contribution is -0.138. The van der Waals surface area contributed by atoms with Gasteiger partial charge in [-0.1, -0.05) is 12.1 Å². The first-order valence-electron chi connectivity index (χ1n) is 7.36. The predicted molar refractivity (Wildman–Crippen MR) is 82.8 cm³/mol. The minimum absolute atomic E-state index is 0.00273. The van der Waals surface area contributed by atoms with Crippen molar-refractivity contribution in [2.24, 2.45) is 0 Å². The number of ether oxygens (including phenoxy) is 2. The molecule has 128 valence electrons. The van der Waals surface area contributed by atoms with Crippen LogP contribution in [-0.4, -0.2) is 42.8 Å². The molecule has 1 aromatic carbocycles. The van der Waals surface area contributed by atoms with E-state index in [0.717, 1.165) is 0 Å². The van der Waals surface area contributed by atoms with Crippen molar-refractivity contribution < 1.29 is 29.0 Å². The van der Waals surface area contributed by atoms with Crippen LogP contribution in [0, 0.1) is 0 Å². The molecule has 3 N–H and O–H groups in total. The highest BCUT2D eigenvalue weighted by molar-refractivity contribution is 5.94. The lowest BCUT2D eigenvalue weighted by Gasteiger charge is -2.21. The monoisotopic (exact) mass is 334 g/mol. The molecule has 0 radical (unpaired) electrons. The van der Waals surface area contributed by atoms with E-state index in [2.05, 4.69) is 10.6 Å². The van der Waals surface area contributed by atoms with E-state index >= 15 is 0 Å². The number of aliphatic hydroxyl groups excluding tert-OH is 1. The van der Waals surface area contributed by atoms with E-state index in [4.69, 9.17) is 14.6 Å². The van der Waals surface area contributed by atoms with Crippen LogP contribution in [0.3, 0.4) is 0 Å². The maximum Gasteiger partial charge on any atom is 0.338 e. The molecular formula is C16H18N2O6. The zero-order valence-electron chi connectivity index (χ0n) is 13.1. The highest BCUT2D eigenvalue weighted by Crippen LogP contribution is 2.11. The van der Waals surface area contributed by atoms with Crippen LogP contribution in [-0.2, 0) is 20.9 Å². The Bertz CT molecular complexity index is 666. The molecule has 0 saturated heterocycles. The Morgan fingerprint density at radius 2 is 1.88 bits per heavy atom. The van der Waals surface area contributed by atoms with Gasteiger partial charge in [-0.2, -0.15) is 0 Å². The van der Waals surface area contributed by atoms with Crippen LogP contribution in [0.15, 0.2) is 35.5 Å². The number of esters is 2. The smallest absolute Gasteiger partial charge is 0.338 e. The second-order valence-corrected chi connectivity index (χ2v) is 4.92. The van der Waals surface area contributed by atoms with Crippen molar-refractivity contribution in [1.82, 2.24) is 10.6 Å². The Kier molecular flexibility index (Phi) is 5.91. The SMILES string of the molecule is CCOC(=O)C1=C(COC(=O)c2ccc(CO)cc2)NC(=O)NC1. The highest BCUT2D eigenvalue weighted by Gasteiger charge is 2.24. The van der Waals surface area contributed by atoms with Gasteiger partial charge in [-0.3, -0.25) is 0 Å². The summed E-state index contributed by atoms with van der Waals surface area (Å²) in [5.74, 6) is -1.19. The van der Waals surface area contributed by atoms with Gasteiger partial charge in [0.1, 0.15) is 6.61 Å². The Morgan fingerprint density at radius 3 is 2.50 bits per heavy atom. The maximum absolute atomic E-state index is 12.0. The Hall–Kier alpha value is -2.87. The molecule has 0 bridgehead atoms. The zero-order chi connectivity index (χ0) is 17.5. The molecule has 1 aliphatic heterocycles. The summed E-state index contributed by atoms with van der Waals surface area (Å²) in [6.07, 6.45) is 0. The third kappa shape index (κ3) is 4.32. The van der Waals surface area contributed by atoms with E-state index in [-0.39, 0.29) is 37.6 Å². The molecule has 0 saturated carbocycles. The number of carbonyl (C=O) groups excluding carboxylic acids is 3. The van der Waals surface area contributed by atoms with Crippen LogP contribution >= 0.6 is 0 Å². The van der Waals surface area contributed by atoms with Gasteiger partial charge in [0.2, 0.25) is 0 Å². The average Bonchev–Trinajstić information content (AvgIpc) is 2.60. The fourth-order valence-electron chi connectivity index (χ4n) is 2.04. The number of nitrogens with one attached hydrogen (secondary N) is 2. The summed E-state index contributed by atoms with van der Waals surface area (Å²) < 4.78 is 10.0.